The number of aryl methyl sites for hydroxylation is 1. The van der Waals surface area contributed by atoms with Crippen LogP contribution in [0, 0.1) is 11.3 Å². The molecule has 0 unspecified atom stereocenters. The van der Waals surface area contributed by atoms with Crippen molar-refractivity contribution in [3.05, 3.63) is 35.9 Å². The van der Waals surface area contributed by atoms with Crippen molar-refractivity contribution in [2.24, 2.45) is 7.05 Å². The molecule has 1 aliphatic heterocycles. The van der Waals surface area contributed by atoms with Gasteiger partial charge in [0.25, 0.3) is 0 Å². The maximum Gasteiger partial charge on any atom is 0.421 e. The van der Waals surface area contributed by atoms with Gasteiger partial charge < -0.3 is 23.7 Å². The lowest BCUT2D eigenvalue weighted by molar-refractivity contribution is -0.139. The van der Waals surface area contributed by atoms with Gasteiger partial charge >= 0.3 is 12.3 Å². The van der Waals surface area contributed by atoms with Crippen molar-refractivity contribution >= 4 is 17.1 Å². The van der Waals surface area contributed by atoms with E-state index in [2.05, 4.69) is 15.0 Å². The number of nitriles is 1. The number of piperidine rings is 1. The SMILES string of the molecule is Cn1ccc2c(-c3cnc(OCCOC4CCN(C(=O)OC(C)(C)C)CC4)c(C(F)(F)F)c3)nc(C#N)nc21. The van der Waals surface area contributed by atoms with Gasteiger partial charge in [-0.05, 0) is 45.7 Å². The van der Waals surface area contributed by atoms with Crippen LogP contribution in [0.4, 0.5) is 18.0 Å². The summed E-state index contributed by atoms with van der Waals surface area (Å²) in [5.41, 5.74) is -0.974. The Hall–Kier alpha value is -3.92. The fourth-order valence-corrected chi connectivity index (χ4v) is 4.19. The standard InChI is InChI=1S/C26H29F3N6O4/c1-25(2,3)39-24(36)35-9-5-17(6-10-35)37-11-12-38-23-19(26(27,28)29)13-16(15-31-23)21-18-7-8-34(4)22(18)33-20(14-30)32-21/h7-8,13,15,17H,5-6,9-12H2,1-4H3. The van der Waals surface area contributed by atoms with Crippen LogP contribution in [0.2, 0.25) is 0 Å². The van der Waals surface area contributed by atoms with Gasteiger partial charge in [-0.2, -0.15) is 18.4 Å². The number of pyridine rings is 1. The zero-order valence-electron chi connectivity index (χ0n) is 22.1. The largest absolute Gasteiger partial charge is 0.475 e. The predicted octanol–water partition coefficient (Wildman–Crippen LogP) is 4.72. The van der Waals surface area contributed by atoms with Crippen LogP contribution in [-0.4, -0.2) is 68.5 Å². The first-order valence-corrected chi connectivity index (χ1v) is 12.4. The normalized spacial score (nSPS) is 14.9. The monoisotopic (exact) mass is 546 g/mol. The highest BCUT2D eigenvalue weighted by molar-refractivity contribution is 5.91. The van der Waals surface area contributed by atoms with Gasteiger partial charge in [-0.3, -0.25) is 0 Å². The summed E-state index contributed by atoms with van der Waals surface area (Å²) in [6.07, 6.45) is -1.19. The van der Waals surface area contributed by atoms with Gasteiger partial charge in [0.2, 0.25) is 11.7 Å². The van der Waals surface area contributed by atoms with Crippen LogP contribution < -0.4 is 4.74 Å². The average molecular weight is 547 g/mol. The molecular weight excluding hydrogens is 517 g/mol. The van der Waals surface area contributed by atoms with Crippen molar-refractivity contribution in [2.45, 2.75) is 51.5 Å². The van der Waals surface area contributed by atoms with Crippen LogP contribution in [0.25, 0.3) is 22.3 Å². The molecule has 0 N–H and O–H groups in total. The number of rotatable bonds is 6. The Morgan fingerprint density at radius 3 is 2.54 bits per heavy atom. The Labute approximate surface area is 223 Å². The fourth-order valence-electron chi connectivity index (χ4n) is 4.19. The first-order chi connectivity index (χ1) is 18.4. The van der Waals surface area contributed by atoms with Gasteiger partial charge in [0.15, 0.2) is 0 Å². The summed E-state index contributed by atoms with van der Waals surface area (Å²) in [4.78, 5) is 26.0. The maximum absolute atomic E-state index is 13.9. The molecule has 0 aliphatic carbocycles. The van der Waals surface area contributed by atoms with E-state index in [4.69, 9.17) is 14.2 Å². The second-order valence-corrected chi connectivity index (χ2v) is 10.1. The molecule has 39 heavy (non-hydrogen) atoms. The summed E-state index contributed by atoms with van der Waals surface area (Å²) >= 11 is 0. The molecule has 4 heterocycles. The quantitative estimate of drug-likeness (QED) is 0.408. The lowest BCUT2D eigenvalue weighted by Gasteiger charge is -2.33. The van der Waals surface area contributed by atoms with E-state index in [1.807, 2.05) is 6.07 Å². The van der Waals surface area contributed by atoms with Gasteiger partial charge in [0.1, 0.15) is 29.5 Å². The molecule has 0 spiro atoms. The van der Waals surface area contributed by atoms with Gasteiger partial charge in [0.05, 0.1) is 18.4 Å². The number of fused-ring (bicyclic) bond motifs is 1. The summed E-state index contributed by atoms with van der Waals surface area (Å²) in [5, 5.41) is 9.77. The fraction of sp³-hybridized carbons (Fsp3) is 0.500. The molecule has 1 aliphatic rings. The topological polar surface area (TPSA) is 115 Å². The summed E-state index contributed by atoms with van der Waals surface area (Å²) in [5.74, 6) is -0.740. The van der Waals surface area contributed by atoms with Crippen molar-refractivity contribution in [2.75, 3.05) is 26.3 Å². The van der Waals surface area contributed by atoms with E-state index in [0.29, 0.717) is 37.0 Å². The molecule has 4 rings (SSSR count). The van der Waals surface area contributed by atoms with Crippen LogP contribution in [0.15, 0.2) is 24.5 Å². The van der Waals surface area contributed by atoms with Crippen molar-refractivity contribution in [1.82, 2.24) is 24.4 Å². The zero-order chi connectivity index (χ0) is 28.4. The lowest BCUT2D eigenvalue weighted by atomic mass is 10.1. The first kappa shape index (κ1) is 28.1. The third-order valence-electron chi connectivity index (χ3n) is 6.02. The van der Waals surface area contributed by atoms with Gasteiger partial charge in [-0.15, -0.1) is 0 Å². The summed E-state index contributed by atoms with van der Waals surface area (Å²) < 4.78 is 59.9. The Kier molecular flexibility index (Phi) is 7.96. The molecule has 13 heteroatoms. The number of hydrogen-bond acceptors (Lipinski definition) is 8. The molecule has 0 atom stereocenters. The molecule has 0 radical (unpaired) electrons. The molecule has 1 fully saturated rings. The minimum absolute atomic E-state index is 0.0555. The first-order valence-electron chi connectivity index (χ1n) is 12.4. The number of carbonyl (C=O) groups is 1. The molecule has 3 aromatic heterocycles. The second kappa shape index (κ2) is 11.1. The second-order valence-electron chi connectivity index (χ2n) is 10.1. The highest BCUT2D eigenvalue weighted by Gasteiger charge is 2.36. The van der Waals surface area contributed by atoms with E-state index in [1.54, 1.807) is 49.5 Å². The molecule has 1 saturated heterocycles. The Balaban J connectivity index is 1.40. The average Bonchev–Trinajstić information content (AvgIpc) is 3.25. The Morgan fingerprint density at radius 2 is 1.90 bits per heavy atom. The minimum atomic E-state index is -4.74. The third-order valence-corrected chi connectivity index (χ3v) is 6.02. The van der Waals surface area contributed by atoms with Crippen molar-refractivity contribution < 1.29 is 32.2 Å². The number of amides is 1. The molecule has 208 valence electrons. The van der Waals surface area contributed by atoms with Crippen LogP contribution in [0.1, 0.15) is 45.0 Å². The van der Waals surface area contributed by atoms with Gasteiger partial charge in [0, 0.05) is 43.5 Å². The number of halogens is 3. The number of ether oxygens (including phenoxy) is 3. The van der Waals surface area contributed by atoms with E-state index in [0.717, 1.165) is 6.07 Å². The summed E-state index contributed by atoms with van der Waals surface area (Å²) in [7, 11) is 1.71. The van der Waals surface area contributed by atoms with Gasteiger partial charge in [-0.25, -0.2) is 19.7 Å². The number of likely N-dealkylation sites (tertiary alicyclic amines) is 1. The Bertz CT molecular complexity index is 1390. The Morgan fingerprint density at radius 1 is 1.18 bits per heavy atom. The minimum Gasteiger partial charge on any atom is -0.475 e. The van der Waals surface area contributed by atoms with Crippen LogP contribution in [0.3, 0.4) is 0 Å². The molecule has 1 amide bonds. The molecular formula is C26H29F3N6O4. The number of hydrogen-bond donors (Lipinski definition) is 0. The molecule has 3 aromatic rings. The van der Waals surface area contributed by atoms with E-state index in [9.17, 15) is 23.2 Å². The third kappa shape index (κ3) is 6.75. The maximum atomic E-state index is 13.9. The zero-order valence-corrected chi connectivity index (χ0v) is 22.1. The lowest BCUT2D eigenvalue weighted by Crippen LogP contribution is -2.43. The van der Waals surface area contributed by atoms with Crippen molar-refractivity contribution in [3.63, 3.8) is 0 Å². The summed E-state index contributed by atoms with van der Waals surface area (Å²) in [6, 6.07) is 4.41. The molecule has 10 nitrogen and oxygen atoms in total. The van der Waals surface area contributed by atoms with E-state index < -0.39 is 23.2 Å². The van der Waals surface area contributed by atoms with E-state index in [1.165, 1.54) is 6.20 Å². The van der Waals surface area contributed by atoms with Crippen molar-refractivity contribution in [3.8, 4) is 23.2 Å². The van der Waals surface area contributed by atoms with Gasteiger partial charge in [-0.1, -0.05) is 0 Å². The van der Waals surface area contributed by atoms with E-state index in [-0.39, 0.29) is 42.5 Å². The number of alkyl halides is 3. The number of nitrogens with zero attached hydrogens (tertiary/aromatic N) is 6. The molecule has 0 aromatic carbocycles. The molecule has 0 saturated carbocycles. The number of carbonyl (C=O) groups excluding carboxylic acids is 1. The predicted molar refractivity (Wildman–Crippen MR) is 134 cm³/mol. The summed E-state index contributed by atoms with van der Waals surface area (Å²) in [6.45, 7) is 6.25. The van der Waals surface area contributed by atoms with E-state index >= 15 is 0 Å². The molecule has 0 bridgehead atoms. The van der Waals surface area contributed by atoms with Crippen LogP contribution in [-0.2, 0) is 22.7 Å². The van der Waals surface area contributed by atoms with Crippen molar-refractivity contribution in [1.29, 1.82) is 5.26 Å². The van der Waals surface area contributed by atoms with Crippen LogP contribution >= 0.6 is 0 Å². The highest BCUT2D eigenvalue weighted by Crippen LogP contribution is 2.38. The smallest absolute Gasteiger partial charge is 0.421 e. The number of aromatic nitrogens is 4. The van der Waals surface area contributed by atoms with Crippen LogP contribution in [0.5, 0.6) is 5.88 Å². The highest BCUT2D eigenvalue weighted by atomic mass is 19.4.